The van der Waals surface area contributed by atoms with Crippen LogP contribution in [0.1, 0.15) is 6.92 Å². The van der Waals surface area contributed by atoms with Crippen molar-refractivity contribution in [2.75, 3.05) is 11.5 Å². The largest absolute Gasteiger partial charge is 0.506 e. The van der Waals surface area contributed by atoms with Crippen LogP contribution in [0.5, 0.6) is 0 Å². The molecule has 0 atom stereocenters. The van der Waals surface area contributed by atoms with E-state index in [0.29, 0.717) is 0 Å². The van der Waals surface area contributed by atoms with Crippen LogP contribution in [0.15, 0.2) is 0 Å². The first-order valence-corrected chi connectivity index (χ1v) is 7.28. The number of hydrogen-bond donors (Lipinski definition) is 1. The normalized spacial score (nSPS) is 26.9. The lowest BCUT2D eigenvalue weighted by atomic mass is 10.2. The van der Waals surface area contributed by atoms with Crippen LogP contribution in [0, 0.1) is 0 Å². The molecular weight excluding hydrogens is 236 g/mol. The van der Waals surface area contributed by atoms with E-state index in [0.717, 1.165) is 6.92 Å². The van der Waals surface area contributed by atoms with E-state index in [4.69, 9.17) is 5.11 Å². The molecule has 9 heteroatoms. The molecular formula is C5H8O7S2. The van der Waals surface area contributed by atoms with Gasteiger partial charge in [0.1, 0.15) is 17.1 Å². The summed E-state index contributed by atoms with van der Waals surface area (Å²) in [6.07, 6.45) is -1.69. The van der Waals surface area contributed by atoms with Crippen molar-refractivity contribution in [1.82, 2.24) is 0 Å². The molecule has 1 saturated heterocycles. The number of ether oxygens (including phenoxy) is 1. The van der Waals surface area contributed by atoms with Gasteiger partial charge in [0.15, 0.2) is 0 Å². The van der Waals surface area contributed by atoms with Gasteiger partial charge in [-0.05, 0) is 6.92 Å². The second-order valence-electron chi connectivity index (χ2n) is 3.22. The zero-order valence-electron chi connectivity index (χ0n) is 7.13. The summed E-state index contributed by atoms with van der Waals surface area (Å²) in [5.41, 5.74) is -1.69. The molecule has 0 aliphatic carbocycles. The number of carbonyl (C=O) groups is 1. The molecule has 0 aromatic heterocycles. The van der Waals surface area contributed by atoms with Crippen LogP contribution in [0.3, 0.4) is 0 Å². The lowest BCUT2D eigenvalue weighted by Gasteiger charge is -2.18. The van der Waals surface area contributed by atoms with Crippen LogP contribution in [0.4, 0.5) is 4.79 Å². The summed E-state index contributed by atoms with van der Waals surface area (Å²) in [4.78, 5) is 10.2. The molecule has 0 amide bonds. The molecule has 0 aromatic rings. The van der Waals surface area contributed by atoms with Gasteiger partial charge in [0.2, 0.25) is 0 Å². The Morgan fingerprint density at radius 1 is 1.21 bits per heavy atom. The highest BCUT2D eigenvalue weighted by molar-refractivity contribution is 8.67. The average Bonchev–Trinajstić information content (AvgIpc) is 1.91. The van der Waals surface area contributed by atoms with Gasteiger partial charge in [-0.1, -0.05) is 0 Å². The molecule has 1 heterocycles. The van der Waals surface area contributed by atoms with Gasteiger partial charge < -0.3 is 9.84 Å². The van der Waals surface area contributed by atoms with E-state index in [-0.39, 0.29) is 0 Å². The van der Waals surface area contributed by atoms with E-state index in [1.54, 1.807) is 0 Å². The fraction of sp³-hybridized carbons (Fsp3) is 0.800. The molecule has 0 unspecified atom stereocenters. The molecule has 82 valence electrons. The third-order valence-corrected chi connectivity index (χ3v) is 7.42. The Balaban J connectivity index is 3.10. The Kier molecular flexibility index (Phi) is 2.27. The number of rotatable bonds is 1. The van der Waals surface area contributed by atoms with E-state index in [1.165, 1.54) is 0 Å². The van der Waals surface area contributed by atoms with E-state index < -0.39 is 41.0 Å². The smallest absolute Gasteiger partial charge is 0.450 e. The van der Waals surface area contributed by atoms with E-state index in [9.17, 15) is 21.6 Å². The average molecular weight is 244 g/mol. The van der Waals surface area contributed by atoms with Gasteiger partial charge >= 0.3 is 6.16 Å². The molecule has 1 fully saturated rings. The Morgan fingerprint density at radius 2 is 1.57 bits per heavy atom. The van der Waals surface area contributed by atoms with Gasteiger partial charge in [0, 0.05) is 0 Å². The van der Waals surface area contributed by atoms with Crippen molar-refractivity contribution in [3.05, 3.63) is 0 Å². The first-order valence-electron chi connectivity index (χ1n) is 3.45. The molecule has 1 N–H and O–H groups in total. The Bertz CT molecular complexity index is 422. The van der Waals surface area contributed by atoms with E-state index >= 15 is 0 Å². The van der Waals surface area contributed by atoms with Gasteiger partial charge in [-0.3, -0.25) is 0 Å². The quantitative estimate of drug-likeness (QED) is 0.474. The highest BCUT2D eigenvalue weighted by Crippen LogP contribution is 2.28. The van der Waals surface area contributed by atoms with Gasteiger partial charge in [0.05, 0.1) is 0 Å². The third kappa shape index (κ3) is 1.82. The number of carboxylic acid groups (broad SMARTS) is 1. The van der Waals surface area contributed by atoms with Crippen molar-refractivity contribution >= 4 is 23.9 Å². The predicted molar refractivity (Wildman–Crippen MR) is 45.1 cm³/mol. The van der Waals surface area contributed by atoms with Crippen molar-refractivity contribution in [3.8, 4) is 0 Å². The SMILES string of the molecule is CC1(OC(=O)O)CS(=O)(=O)S(=O)(=O)C1. The molecule has 1 rings (SSSR count). The zero-order chi connectivity index (χ0) is 11.2. The minimum absolute atomic E-state index is 0.825. The van der Waals surface area contributed by atoms with Crippen molar-refractivity contribution in [1.29, 1.82) is 0 Å². The lowest BCUT2D eigenvalue weighted by molar-refractivity contribution is 0.0204. The van der Waals surface area contributed by atoms with Crippen LogP contribution in [-0.4, -0.2) is 45.2 Å². The predicted octanol–water partition coefficient (Wildman–Crippen LogP) is -0.802. The van der Waals surface area contributed by atoms with Crippen LogP contribution in [0.2, 0.25) is 0 Å². The Labute approximate surface area is 79.9 Å². The van der Waals surface area contributed by atoms with Crippen molar-refractivity contribution in [2.24, 2.45) is 0 Å². The molecule has 0 radical (unpaired) electrons. The maximum atomic E-state index is 11.0. The summed E-state index contributed by atoms with van der Waals surface area (Å²) >= 11 is 0. The van der Waals surface area contributed by atoms with Crippen molar-refractivity contribution < 1.29 is 31.5 Å². The topological polar surface area (TPSA) is 115 Å². The van der Waals surface area contributed by atoms with Crippen LogP contribution < -0.4 is 0 Å². The summed E-state index contributed by atoms with van der Waals surface area (Å²) in [6.45, 7) is 1.13. The van der Waals surface area contributed by atoms with Gasteiger partial charge in [0.25, 0.3) is 17.7 Å². The summed E-state index contributed by atoms with van der Waals surface area (Å²) in [5.74, 6) is -1.65. The summed E-state index contributed by atoms with van der Waals surface area (Å²) in [6, 6.07) is 0. The highest BCUT2D eigenvalue weighted by Gasteiger charge is 2.52. The van der Waals surface area contributed by atoms with Crippen molar-refractivity contribution in [2.45, 2.75) is 12.5 Å². The fourth-order valence-corrected chi connectivity index (χ4v) is 6.12. The standard InChI is InChI=1S/C5H8O7S2/c1-5(12-4(6)7)2-13(8,9)14(10,11)3-5/h2-3H2,1H3,(H,6,7). The molecule has 1 aliphatic heterocycles. The maximum Gasteiger partial charge on any atom is 0.506 e. The molecule has 0 aromatic carbocycles. The Morgan fingerprint density at radius 3 is 1.86 bits per heavy atom. The highest BCUT2D eigenvalue weighted by atomic mass is 33.2. The molecule has 14 heavy (non-hydrogen) atoms. The summed E-state index contributed by atoms with van der Waals surface area (Å²) in [5, 5.41) is 8.27. The summed E-state index contributed by atoms with van der Waals surface area (Å²) < 4.78 is 48.3. The number of hydrogen-bond acceptors (Lipinski definition) is 6. The first-order chi connectivity index (χ1) is 6.08. The monoisotopic (exact) mass is 244 g/mol. The second kappa shape index (κ2) is 2.83. The molecule has 0 saturated carbocycles. The van der Waals surface area contributed by atoms with Gasteiger partial charge in [-0.2, -0.15) is 0 Å². The van der Waals surface area contributed by atoms with Crippen molar-refractivity contribution in [3.63, 3.8) is 0 Å². The fourth-order valence-electron chi connectivity index (χ4n) is 1.24. The molecule has 1 aliphatic rings. The Hall–Kier alpha value is -0.830. The van der Waals surface area contributed by atoms with Gasteiger partial charge in [-0.15, -0.1) is 0 Å². The minimum atomic E-state index is -4.29. The van der Waals surface area contributed by atoms with E-state index in [1.807, 2.05) is 0 Å². The molecule has 7 nitrogen and oxygen atoms in total. The van der Waals surface area contributed by atoms with Crippen LogP contribution in [0.25, 0.3) is 0 Å². The zero-order valence-corrected chi connectivity index (χ0v) is 8.76. The minimum Gasteiger partial charge on any atom is -0.450 e. The molecule has 0 bridgehead atoms. The molecule has 0 spiro atoms. The summed E-state index contributed by atoms with van der Waals surface area (Å²) in [7, 11) is -8.59. The maximum absolute atomic E-state index is 11.0. The first kappa shape index (κ1) is 11.2. The van der Waals surface area contributed by atoms with Crippen LogP contribution in [-0.2, 0) is 22.5 Å². The van der Waals surface area contributed by atoms with E-state index in [2.05, 4.69) is 4.74 Å². The third-order valence-electron chi connectivity index (χ3n) is 1.68. The lowest BCUT2D eigenvalue weighted by Crippen LogP contribution is -2.35. The van der Waals surface area contributed by atoms with Crippen LogP contribution >= 0.6 is 0 Å². The van der Waals surface area contributed by atoms with Gasteiger partial charge in [-0.25, -0.2) is 21.6 Å². The second-order valence-corrected chi connectivity index (χ2v) is 9.08.